The van der Waals surface area contributed by atoms with Gasteiger partial charge in [0.25, 0.3) is 0 Å². The smallest absolute Gasteiger partial charge is 0.123 e. The topological polar surface area (TPSA) is 12.0 Å². The molecule has 2 atom stereocenters. The first-order chi connectivity index (χ1) is 10.0. The summed E-state index contributed by atoms with van der Waals surface area (Å²) < 4.78 is 13.0. The molecule has 112 valence electrons. The Morgan fingerprint density at radius 1 is 1.10 bits per heavy atom. The van der Waals surface area contributed by atoms with Gasteiger partial charge < -0.3 is 5.32 Å². The van der Waals surface area contributed by atoms with Crippen LogP contribution in [0.15, 0.2) is 42.5 Å². The van der Waals surface area contributed by atoms with Gasteiger partial charge in [-0.3, -0.25) is 0 Å². The molecule has 4 heteroatoms. The van der Waals surface area contributed by atoms with Crippen molar-refractivity contribution in [1.82, 2.24) is 5.32 Å². The van der Waals surface area contributed by atoms with Crippen LogP contribution in [0.5, 0.6) is 0 Å². The molecule has 0 heterocycles. The predicted octanol–water partition coefficient (Wildman–Crippen LogP) is 5.93. The predicted molar refractivity (Wildman–Crippen MR) is 87.4 cm³/mol. The SMILES string of the molecule is CCC(NC(C)c1ccc(Cl)cc1Cl)c1ccc(F)cc1. The van der Waals surface area contributed by atoms with Gasteiger partial charge in [0.2, 0.25) is 0 Å². The molecule has 0 aliphatic carbocycles. The third kappa shape index (κ3) is 4.19. The zero-order chi connectivity index (χ0) is 15.4. The van der Waals surface area contributed by atoms with Gasteiger partial charge in [-0.2, -0.15) is 0 Å². The molecule has 0 aliphatic heterocycles. The van der Waals surface area contributed by atoms with Crippen molar-refractivity contribution in [3.05, 3.63) is 69.5 Å². The van der Waals surface area contributed by atoms with Crippen molar-refractivity contribution >= 4 is 23.2 Å². The molecule has 0 radical (unpaired) electrons. The lowest BCUT2D eigenvalue weighted by molar-refractivity contribution is 0.456. The third-order valence-corrected chi connectivity index (χ3v) is 4.12. The van der Waals surface area contributed by atoms with E-state index >= 15 is 0 Å². The summed E-state index contributed by atoms with van der Waals surface area (Å²) in [7, 11) is 0. The van der Waals surface area contributed by atoms with Crippen LogP contribution in [-0.2, 0) is 0 Å². The van der Waals surface area contributed by atoms with E-state index in [-0.39, 0.29) is 17.9 Å². The number of hydrogen-bond donors (Lipinski definition) is 1. The molecular formula is C17H18Cl2FN. The van der Waals surface area contributed by atoms with Crippen LogP contribution in [0.25, 0.3) is 0 Å². The molecule has 21 heavy (non-hydrogen) atoms. The highest BCUT2D eigenvalue weighted by Crippen LogP contribution is 2.28. The first-order valence-electron chi connectivity index (χ1n) is 6.97. The second kappa shape index (κ2) is 7.26. The van der Waals surface area contributed by atoms with Gasteiger partial charge in [0.1, 0.15) is 5.82 Å². The Bertz CT molecular complexity index is 598. The molecular weight excluding hydrogens is 308 g/mol. The molecule has 2 unspecified atom stereocenters. The van der Waals surface area contributed by atoms with E-state index in [9.17, 15) is 4.39 Å². The number of benzene rings is 2. The lowest BCUT2D eigenvalue weighted by Gasteiger charge is -2.24. The van der Waals surface area contributed by atoms with Gasteiger partial charge in [-0.1, -0.05) is 48.3 Å². The summed E-state index contributed by atoms with van der Waals surface area (Å²) in [5.41, 5.74) is 2.07. The monoisotopic (exact) mass is 325 g/mol. The maximum atomic E-state index is 13.0. The Morgan fingerprint density at radius 3 is 2.33 bits per heavy atom. The number of nitrogens with one attached hydrogen (secondary N) is 1. The minimum atomic E-state index is -0.220. The van der Waals surface area contributed by atoms with Crippen molar-refractivity contribution in [2.24, 2.45) is 0 Å². The Kier molecular flexibility index (Phi) is 5.63. The van der Waals surface area contributed by atoms with Gasteiger partial charge in [-0.15, -0.1) is 0 Å². The van der Waals surface area contributed by atoms with E-state index in [1.54, 1.807) is 6.07 Å². The quantitative estimate of drug-likeness (QED) is 0.717. The van der Waals surface area contributed by atoms with Gasteiger partial charge in [-0.05, 0) is 48.7 Å². The van der Waals surface area contributed by atoms with Crippen LogP contribution in [0.2, 0.25) is 10.0 Å². The summed E-state index contributed by atoms with van der Waals surface area (Å²) in [6.07, 6.45) is 0.904. The fourth-order valence-electron chi connectivity index (χ4n) is 2.39. The molecule has 0 amide bonds. The maximum absolute atomic E-state index is 13.0. The van der Waals surface area contributed by atoms with Gasteiger partial charge in [0.05, 0.1) is 0 Å². The maximum Gasteiger partial charge on any atom is 0.123 e. The fourth-order valence-corrected chi connectivity index (χ4v) is 2.96. The van der Waals surface area contributed by atoms with Gasteiger partial charge in [0, 0.05) is 22.1 Å². The second-order valence-electron chi connectivity index (χ2n) is 5.07. The largest absolute Gasteiger partial charge is 0.303 e. The molecule has 0 aromatic heterocycles. The summed E-state index contributed by atoms with van der Waals surface area (Å²) in [6, 6.07) is 12.3. The summed E-state index contributed by atoms with van der Waals surface area (Å²) in [5, 5.41) is 4.80. The zero-order valence-electron chi connectivity index (χ0n) is 12.0. The third-order valence-electron chi connectivity index (χ3n) is 3.56. The average Bonchev–Trinajstić information content (AvgIpc) is 2.45. The van der Waals surface area contributed by atoms with Crippen LogP contribution < -0.4 is 5.32 Å². The number of halogens is 3. The molecule has 2 aromatic carbocycles. The van der Waals surface area contributed by atoms with Gasteiger partial charge >= 0.3 is 0 Å². The van der Waals surface area contributed by atoms with Crippen molar-refractivity contribution in [3.63, 3.8) is 0 Å². The number of rotatable bonds is 5. The molecule has 0 bridgehead atoms. The Morgan fingerprint density at radius 2 is 1.76 bits per heavy atom. The molecule has 0 fully saturated rings. The average molecular weight is 326 g/mol. The second-order valence-corrected chi connectivity index (χ2v) is 5.91. The molecule has 1 nitrogen and oxygen atoms in total. The highest BCUT2D eigenvalue weighted by Gasteiger charge is 2.16. The van der Waals surface area contributed by atoms with E-state index in [0.29, 0.717) is 10.0 Å². The standard InChI is InChI=1S/C17H18Cl2FN/c1-3-17(12-4-7-14(20)8-5-12)21-11(2)15-9-6-13(18)10-16(15)19/h4-11,17,21H,3H2,1-2H3. The zero-order valence-corrected chi connectivity index (χ0v) is 13.5. The Balaban J connectivity index is 2.15. The molecule has 0 saturated carbocycles. The summed E-state index contributed by atoms with van der Waals surface area (Å²) in [6.45, 7) is 4.15. The van der Waals surface area contributed by atoms with Crippen LogP contribution >= 0.6 is 23.2 Å². The first-order valence-corrected chi connectivity index (χ1v) is 7.73. The first kappa shape index (κ1) is 16.3. The lowest BCUT2D eigenvalue weighted by atomic mass is 10.0. The Labute approximate surface area is 135 Å². The van der Waals surface area contributed by atoms with Crippen molar-refractivity contribution < 1.29 is 4.39 Å². The van der Waals surface area contributed by atoms with Gasteiger partial charge in [0.15, 0.2) is 0 Å². The van der Waals surface area contributed by atoms with E-state index in [2.05, 4.69) is 19.2 Å². The molecule has 2 aromatic rings. The van der Waals surface area contributed by atoms with E-state index in [0.717, 1.165) is 17.5 Å². The summed E-state index contributed by atoms with van der Waals surface area (Å²) in [5.74, 6) is -0.220. The lowest BCUT2D eigenvalue weighted by Crippen LogP contribution is -2.24. The van der Waals surface area contributed by atoms with Crippen molar-refractivity contribution in [2.75, 3.05) is 0 Å². The van der Waals surface area contributed by atoms with Crippen molar-refractivity contribution in [2.45, 2.75) is 32.4 Å². The van der Waals surface area contributed by atoms with Crippen molar-refractivity contribution in [3.8, 4) is 0 Å². The minimum Gasteiger partial charge on any atom is -0.303 e. The fraction of sp³-hybridized carbons (Fsp3) is 0.294. The molecule has 0 spiro atoms. The number of hydrogen-bond acceptors (Lipinski definition) is 1. The molecule has 1 N–H and O–H groups in total. The Hall–Kier alpha value is -1.09. The normalized spacial score (nSPS) is 14.0. The highest BCUT2D eigenvalue weighted by molar-refractivity contribution is 6.35. The molecule has 0 saturated heterocycles. The summed E-state index contributed by atoms with van der Waals surface area (Å²) >= 11 is 12.2. The highest BCUT2D eigenvalue weighted by atomic mass is 35.5. The van der Waals surface area contributed by atoms with E-state index in [1.807, 2.05) is 24.3 Å². The van der Waals surface area contributed by atoms with Crippen molar-refractivity contribution in [1.29, 1.82) is 0 Å². The van der Waals surface area contributed by atoms with Crippen LogP contribution in [0.4, 0.5) is 4.39 Å². The molecule has 0 aliphatic rings. The summed E-state index contributed by atoms with van der Waals surface area (Å²) in [4.78, 5) is 0. The van der Waals surface area contributed by atoms with Gasteiger partial charge in [-0.25, -0.2) is 4.39 Å². The van der Waals surface area contributed by atoms with E-state index < -0.39 is 0 Å². The van der Waals surface area contributed by atoms with Crippen LogP contribution in [-0.4, -0.2) is 0 Å². The molecule has 2 rings (SSSR count). The van der Waals surface area contributed by atoms with Crippen LogP contribution in [0.3, 0.4) is 0 Å². The van der Waals surface area contributed by atoms with E-state index in [4.69, 9.17) is 23.2 Å². The van der Waals surface area contributed by atoms with Crippen LogP contribution in [0, 0.1) is 5.82 Å². The van der Waals surface area contributed by atoms with E-state index in [1.165, 1.54) is 12.1 Å². The van der Waals surface area contributed by atoms with Crippen LogP contribution in [0.1, 0.15) is 43.5 Å². The minimum absolute atomic E-state index is 0.0739.